The molecule has 11 N–H and O–H groups in total. The zero-order chi connectivity index (χ0) is 102. The van der Waals surface area contributed by atoms with Crippen LogP contribution in [-0.2, 0) is 80.1 Å². The van der Waals surface area contributed by atoms with E-state index in [4.69, 9.17) is 55.3 Å². The Balaban J connectivity index is 0.000000141. The van der Waals surface area contributed by atoms with Crippen molar-refractivity contribution in [2.45, 2.75) is 137 Å². The van der Waals surface area contributed by atoms with E-state index in [1.165, 1.54) is 54.0 Å². The number of methoxy groups -OCH3 is 1. The second-order valence-corrected chi connectivity index (χ2v) is 37.6. The maximum Gasteiger partial charge on any atom is 0.433 e. The van der Waals surface area contributed by atoms with E-state index in [2.05, 4.69) is 62.2 Å². The van der Waals surface area contributed by atoms with Gasteiger partial charge in [0.1, 0.15) is 51.3 Å². The standard InChI is InChI=1S/C25H28BrN5O3.C21H22N4O2.2C18H15F5N4O.C17H15ClN4OS/c1-34-15-21-6-3-9-30(21)22(32)17-10-16(12-28-13-17)14-31-23(33)25(18-7-8-18,29-24(31)27)19-4-2-5-20(26)11-19;1-25-19(27)21(24-20(25)22,15-6-3-2-4-7-15)16-8-5-9-17(13-16)23-18(26)12-14-10-11-14;2*1-17(11-5-4-10(19)7-12(11)20)14(15(28)27(2)16(24)26-17)9-3-6-13(25-8-9)18(21,22)23;1-17(7-13(23)22(2)16(20)21-17)15-14(18)12(9-24-15)11-5-3-4-10(6-11)8-19/h2,4-5,10-13,18,21H,3,6-9,14-15H2,1H3,(H2,27,29);2-9,13-14H,10-12H2,1H3,(H2,22,24)(H,23,26);2*3-8,14H,1-2H3,(H2,24,26);3-6,9H,7H2,1-2H3,(H2,20,21)/t21-,25?;;14-,17+;14-,17-;17-/m1.010/s1. The lowest BCUT2D eigenvalue weighted by Gasteiger charge is -2.40. The van der Waals surface area contributed by atoms with Crippen LogP contribution >= 0.6 is 38.9 Å². The summed E-state index contributed by atoms with van der Waals surface area (Å²) in [5, 5.41) is 14.5. The molecule has 0 bridgehead atoms. The number of rotatable bonds is 18. The average Bonchev–Trinajstić information content (AvgIpc) is 0.979. The number of nitrogens with zero attached hydrogens (tertiary/aromatic N) is 15. The molecule has 4 aromatic heterocycles. The van der Waals surface area contributed by atoms with Crippen LogP contribution in [0.2, 0.25) is 5.02 Å². The van der Waals surface area contributed by atoms with E-state index in [0.29, 0.717) is 65.0 Å². The van der Waals surface area contributed by atoms with Gasteiger partial charge in [-0.05, 0) is 177 Å². The molecule has 42 heteroatoms. The summed E-state index contributed by atoms with van der Waals surface area (Å²) in [5.74, 6) is -6.92. The summed E-state index contributed by atoms with van der Waals surface area (Å²) < 4.78 is 139. The number of likely N-dealkylation sites (tertiary alicyclic amines) is 1. The van der Waals surface area contributed by atoms with Crippen LogP contribution in [0.5, 0.6) is 0 Å². The topological polar surface area (TPSA) is 415 Å². The molecule has 0 radical (unpaired) electrons. The van der Waals surface area contributed by atoms with E-state index >= 15 is 0 Å². The van der Waals surface area contributed by atoms with Crippen LogP contribution in [0.4, 0.5) is 49.6 Å². The number of anilines is 1. The first-order valence-electron chi connectivity index (χ1n) is 44.1. The number of hydrogen-bond donors (Lipinski definition) is 6. The van der Waals surface area contributed by atoms with Gasteiger partial charge >= 0.3 is 12.4 Å². The summed E-state index contributed by atoms with van der Waals surface area (Å²) in [5.41, 5.74) is 27.6. The number of alkyl halides is 6. The summed E-state index contributed by atoms with van der Waals surface area (Å²) in [6.07, 6.45) is 2.51. The molecule has 10 aromatic rings. The van der Waals surface area contributed by atoms with Crippen molar-refractivity contribution in [1.29, 1.82) is 5.26 Å². The Bertz CT molecular complexity index is 6590. The minimum atomic E-state index is -4.65. The van der Waals surface area contributed by atoms with E-state index < -0.39 is 98.4 Å². The number of aliphatic imine (C=N–C) groups is 5. The number of aromatic nitrogens is 3. The number of nitrogens with two attached hydrogens (primary N) is 5. The monoisotopic (exact) mass is 2040 g/mol. The Labute approximate surface area is 820 Å². The third-order valence-corrected chi connectivity index (χ3v) is 27.9. The van der Waals surface area contributed by atoms with Gasteiger partial charge in [-0.25, -0.2) is 42.5 Å². The highest BCUT2D eigenvalue weighted by molar-refractivity contribution is 9.10. The lowest BCUT2D eigenvalue weighted by atomic mass is 9.74. The molecule has 0 spiro atoms. The molecule has 1 saturated heterocycles. The summed E-state index contributed by atoms with van der Waals surface area (Å²) in [7, 11) is 7.55. The summed E-state index contributed by atoms with van der Waals surface area (Å²) in [6.45, 7) is 6.11. The second-order valence-electron chi connectivity index (χ2n) is 35.4. The fraction of sp³-hybridized carbons (Fsp3) is 0.313. The molecule has 2 unspecified atom stereocenters. The Morgan fingerprint density at radius 1 is 0.596 bits per heavy atom. The van der Waals surface area contributed by atoms with Crippen molar-refractivity contribution in [3.8, 4) is 17.2 Å². The molecule has 8 atom stereocenters. The van der Waals surface area contributed by atoms with E-state index in [0.717, 1.165) is 146 Å². The molecule has 10 heterocycles. The van der Waals surface area contributed by atoms with Crippen molar-refractivity contribution in [1.82, 2.24) is 44.4 Å². The minimum absolute atomic E-state index is 0.00120. The van der Waals surface area contributed by atoms with Crippen LogP contribution in [0.1, 0.15) is 161 Å². The van der Waals surface area contributed by atoms with Crippen molar-refractivity contribution in [2.24, 2.45) is 65.5 Å². The smallest absolute Gasteiger partial charge is 0.383 e. The predicted octanol–water partition coefficient (Wildman–Crippen LogP) is 15.2. The Kier molecular flexibility index (Phi) is 29.7. The third-order valence-electron chi connectivity index (χ3n) is 25.6. The van der Waals surface area contributed by atoms with Crippen molar-refractivity contribution in [3.63, 3.8) is 0 Å². The maximum atomic E-state index is 14.5. The highest BCUT2D eigenvalue weighted by Gasteiger charge is 2.59. The van der Waals surface area contributed by atoms with Crippen molar-refractivity contribution in [2.75, 3.05) is 53.8 Å². The first kappa shape index (κ1) is 103. The Morgan fingerprint density at radius 3 is 1.67 bits per heavy atom. The van der Waals surface area contributed by atoms with Crippen LogP contribution in [0, 0.1) is 46.4 Å². The zero-order valence-electron chi connectivity index (χ0n) is 77.0. The molecule has 7 amide bonds. The minimum Gasteiger partial charge on any atom is -0.383 e. The van der Waals surface area contributed by atoms with Gasteiger partial charge in [-0.3, -0.25) is 73.0 Å². The fourth-order valence-electron chi connectivity index (χ4n) is 17.9. The van der Waals surface area contributed by atoms with Crippen LogP contribution in [0.15, 0.2) is 229 Å². The molecule has 141 heavy (non-hydrogen) atoms. The first-order valence-corrected chi connectivity index (χ1v) is 46.1. The molecule has 6 aromatic carbocycles. The van der Waals surface area contributed by atoms with Gasteiger partial charge in [-0.2, -0.15) is 31.6 Å². The van der Waals surface area contributed by atoms with Gasteiger partial charge in [0.2, 0.25) is 23.6 Å². The predicted molar refractivity (Wildman–Crippen MR) is 511 cm³/mol. The molecule has 6 aliphatic heterocycles. The number of carbonyl (C=O) groups is 7. The SMILES string of the molecule is CN1C(=O)C(c2ccccc2)(c2cccc(NC(=O)CC3CC3)c2)N=C1N.CN1C(=O)C[C@@](C)(c2scc(-c3cccc(C#N)c3)c2Cl)N=C1N.CN1C(=O)[C@@H](c2ccc(C(F)(F)F)nc2)[C@@](C)(c2ccc(F)cc2F)N=C1N.CN1C(=O)[C@H](c2ccc(C(F)(F)F)nc2)[C@@](C)(c2ccc(F)cc2F)N=C1N.COC[C@H]1CCCN1C(=O)c1cncc(CN2C(=O)C(c3cccc(Br)c3)(C3CC3)N=C2N)c1. The van der Waals surface area contributed by atoms with E-state index in [1.807, 2.05) is 108 Å². The van der Waals surface area contributed by atoms with Crippen LogP contribution in [-0.4, -0.2) is 170 Å². The van der Waals surface area contributed by atoms with E-state index in [1.54, 1.807) is 51.8 Å². The number of amides is 7. The van der Waals surface area contributed by atoms with Gasteiger partial charge in [0.15, 0.2) is 40.9 Å². The number of thiophene rings is 1. The van der Waals surface area contributed by atoms with Gasteiger partial charge in [0.05, 0.1) is 64.5 Å². The highest BCUT2D eigenvalue weighted by atomic mass is 79.9. The van der Waals surface area contributed by atoms with Crippen LogP contribution in [0.3, 0.4) is 0 Å². The number of halogens is 12. The van der Waals surface area contributed by atoms with Gasteiger partial charge in [-0.15, -0.1) is 11.3 Å². The van der Waals surface area contributed by atoms with Gasteiger partial charge < -0.3 is 43.6 Å². The van der Waals surface area contributed by atoms with Gasteiger partial charge in [0, 0.05) is 117 Å². The molecule has 2 saturated carbocycles. The number of guanidine groups is 5. The molecular weight excluding hydrogens is 1950 g/mol. The molecule has 734 valence electrons. The molecule has 29 nitrogen and oxygen atoms in total. The van der Waals surface area contributed by atoms with Crippen molar-refractivity contribution < 1.29 is 82.2 Å². The molecule has 2 aliphatic carbocycles. The lowest BCUT2D eigenvalue weighted by Crippen LogP contribution is -2.52. The van der Waals surface area contributed by atoms with Gasteiger partial charge in [-0.1, -0.05) is 119 Å². The van der Waals surface area contributed by atoms with E-state index in [9.17, 15) is 77.5 Å². The second kappa shape index (κ2) is 40.8. The summed E-state index contributed by atoms with van der Waals surface area (Å²) in [4.78, 5) is 132. The van der Waals surface area contributed by atoms with E-state index in [-0.39, 0.29) is 107 Å². The van der Waals surface area contributed by atoms with Crippen LogP contribution < -0.4 is 34.0 Å². The Hall–Kier alpha value is -14.4. The fourth-order valence-corrected chi connectivity index (χ4v) is 19.9. The van der Waals surface area contributed by atoms with Crippen LogP contribution in [0.25, 0.3) is 11.1 Å². The summed E-state index contributed by atoms with van der Waals surface area (Å²) >= 11 is 11.6. The largest absolute Gasteiger partial charge is 0.433 e. The number of carbonyl (C=O) groups excluding carboxylic acids is 7. The van der Waals surface area contributed by atoms with Crippen molar-refractivity contribution >= 4 is 116 Å². The number of ether oxygens (including phenoxy) is 1. The number of hydrogen-bond acceptors (Lipinski definition) is 23. The van der Waals surface area contributed by atoms with Crippen molar-refractivity contribution in [3.05, 3.63) is 305 Å². The normalized spacial score (nSPS) is 22.8. The molecule has 18 rings (SSSR count). The number of benzene rings is 6. The molecule has 8 aliphatic rings. The number of pyridine rings is 3. The lowest BCUT2D eigenvalue weighted by molar-refractivity contribution is -0.142. The average molecular weight is 2040 g/mol. The quantitative estimate of drug-likeness (QED) is 0.0435. The first-order chi connectivity index (χ1) is 66.7. The number of likely N-dealkylation sites (N-methyl/N-ethyl adjacent to an activating group) is 3. The number of nitriles is 1. The zero-order valence-corrected chi connectivity index (χ0v) is 80.2. The number of nitrogens with one attached hydrogen (secondary N) is 1. The highest BCUT2D eigenvalue weighted by Crippen LogP contribution is 2.54. The summed E-state index contributed by atoms with van der Waals surface area (Å²) in [6, 6.07) is 44.8. The van der Waals surface area contributed by atoms with Gasteiger partial charge in [0.25, 0.3) is 17.7 Å². The molecular formula is C99H95BrClF10N21O8S. The third kappa shape index (κ3) is 21.1. The maximum absolute atomic E-state index is 14.5. The Morgan fingerprint density at radius 2 is 1.16 bits per heavy atom. The molecule has 3 fully saturated rings.